The molecular formula is C19H24O3. The van der Waals surface area contributed by atoms with Crippen molar-refractivity contribution < 1.29 is 14.6 Å². The lowest BCUT2D eigenvalue weighted by Gasteiger charge is -2.57. The van der Waals surface area contributed by atoms with Crippen molar-refractivity contribution in [2.24, 2.45) is 17.8 Å². The molecule has 22 heavy (non-hydrogen) atoms. The number of aryl methyl sites for hydroxylation is 1. The van der Waals surface area contributed by atoms with Crippen molar-refractivity contribution in [1.29, 1.82) is 0 Å². The van der Waals surface area contributed by atoms with Crippen LogP contribution in [0.3, 0.4) is 0 Å². The van der Waals surface area contributed by atoms with E-state index in [4.69, 9.17) is 9.84 Å². The van der Waals surface area contributed by atoms with E-state index in [1.54, 1.807) is 0 Å². The fourth-order valence-corrected chi connectivity index (χ4v) is 5.91. The Bertz CT molecular complexity index is 569. The molecule has 0 aliphatic heterocycles. The Morgan fingerprint density at radius 1 is 1.18 bits per heavy atom. The number of hydrogen-bond acceptors (Lipinski definition) is 2. The van der Waals surface area contributed by atoms with E-state index in [2.05, 4.69) is 13.0 Å². The quantitative estimate of drug-likeness (QED) is 0.916. The minimum Gasteiger partial charge on any atom is -0.482 e. The average Bonchev–Trinajstić information content (AvgIpc) is 2.43. The van der Waals surface area contributed by atoms with Crippen molar-refractivity contribution in [2.75, 3.05) is 6.61 Å². The van der Waals surface area contributed by atoms with Crippen molar-refractivity contribution in [3.63, 3.8) is 0 Å². The van der Waals surface area contributed by atoms with Gasteiger partial charge in [-0.3, -0.25) is 0 Å². The molecular weight excluding hydrogens is 276 g/mol. The highest BCUT2D eigenvalue weighted by molar-refractivity contribution is 5.68. The Morgan fingerprint density at radius 3 is 2.27 bits per heavy atom. The second-order valence-electron chi connectivity index (χ2n) is 7.86. The molecule has 5 rings (SSSR count). The summed E-state index contributed by atoms with van der Waals surface area (Å²) in [6.07, 6.45) is 8.44. The van der Waals surface area contributed by atoms with E-state index >= 15 is 0 Å². The zero-order valence-corrected chi connectivity index (χ0v) is 13.2. The first kappa shape index (κ1) is 14.1. The molecule has 0 aromatic heterocycles. The van der Waals surface area contributed by atoms with E-state index < -0.39 is 5.97 Å². The Balaban J connectivity index is 1.61. The third-order valence-electron chi connectivity index (χ3n) is 6.17. The first-order valence-electron chi connectivity index (χ1n) is 8.50. The molecule has 0 saturated heterocycles. The molecule has 118 valence electrons. The van der Waals surface area contributed by atoms with Crippen LogP contribution in [0.2, 0.25) is 0 Å². The Labute approximate surface area is 131 Å². The number of carboxylic acids is 1. The molecule has 4 aliphatic carbocycles. The molecule has 1 aromatic rings. The number of aliphatic carboxylic acids is 1. The van der Waals surface area contributed by atoms with Gasteiger partial charge in [0.05, 0.1) is 0 Å². The second kappa shape index (κ2) is 5.00. The van der Waals surface area contributed by atoms with Crippen molar-refractivity contribution in [1.82, 2.24) is 0 Å². The summed E-state index contributed by atoms with van der Waals surface area (Å²) in [6.45, 7) is 1.89. The van der Waals surface area contributed by atoms with Gasteiger partial charge in [0.25, 0.3) is 0 Å². The maximum Gasteiger partial charge on any atom is 0.341 e. The fourth-order valence-electron chi connectivity index (χ4n) is 5.91. The standard InChI is InChI=1S/C19H24O3/c1-12-4-16(22-11-18(20)21)2-3-17(12)19-8-13-5-14(9-19)7-15(6-13)10-19/h2-4,13-15H,5-11H2,1H3,(H,20,21). The molecule has 1 aromatic carbocycles. The first-order valence-corrected chi connectivity index (χ1v) is 8.50. The molecule has 1 N–H and O–H groups in total. The van der Waals surface area contributed by atoms with Crippen molar-refractivity contribution in [3.05, 3.63) is 29.3 Å². The van der Waals surface area contributed by atoms with E-state index in [-0.39, 0.29) is 6.61 Å². The lowest BCUT2D eigenvalue weighted by atomic mass is 9.47. The molecule has 0 unspecified atom stereocenters. The highest BCUT2D eigenvalue weighted by atomic mass is 16.5. The largest absolute Gasteiger partial charge is 0.482 e. The van der Waals surface area contributed by atoms with Gasteiger partial charge in [-0.15, -0.1) is 0 Å². The number of carbonyl (C=O) groups is 1. The van der Waals surface area contributed by atoms with Gasteiger partial charge in [-0.2, -0.15) is 0 Å². The molecule has 4 aliphatic rings. The maximum absolute atomic E-state index is 10.6. The van der Waals surface area contributed by atoms with E-state index in [9.17, 15) is 4.79 Å². The van der Waals surface area contributed by atoms with Crippen LogP contribution < -0.4 is 4.74 Å². The van der Waals surface area contributed by atoms with Crippen LogP contribution in [0.5, 0.6) is 5.75 Å². The first-order chi connectivity index (χ1) is 10.5. The molecule has 0 heterocycles. The van der Waals surface area contributed by atoms with Crippen LogP contribution in [0.4, 0.5) is 0 Å². The zero-order chi connectivity index (χ0) is 15.3. The van der Waals surface area contributed by atoms with Gasteiger partial charge < -0.3 is 9.84 Å². The van der Waals surface area contributed by atoms with E-state index in [0.717, 1.165) is 17.8 Å². The van der Waals surface area contributed by atoms with Crippen LogP contribution in [-0.2, 0) is 10.2 Å². The molecule has 0 spiro atoms. The Morgan fingerprint density at radius 2 is 1.77 bits per heavy atom. The average molecular weight is 300 g/mol. The number of ether oxygens (including phenoxy) is 1. The third-order valence-corrected chi connectivity index (χ3v) is 6.17. The molecule has 0 atom stereocenters. The van der Waals surface area contributed by atoms with Gasteiger partial charge in [0.15, 0.2) is 6.61 Å². The maximum atomic E-state index is 10.6. The molecule has 0 amide bonds. The predicted molar refractivity (Wildman–Crippen MR) is 84.2 cm³/mol. The van der Waals surface area contributed by atoms with Gasteiger partial charge in [-0.05, 0) is 91.9 Å². The smallest absolute Gasteiger partial charge is 0.341 e. The SMILES string of the molecule is Cc1cc(OCC(=O)O)ccc1C12CC3CC(CC(C3)C1)C2. The van der Waals surface area contributed by atoms with E-state index in [0.29, 0.717) is 11.2 Å². The van der Waals surface area contributed by atoms with Crippen molar-refractivity contribution in [3.8, 4) is 5.75 Å². The van der Waals surface area contributed by atoms with Crippen LogP contribution >= 0.6 is 0 Å². The third kappa shape index (κ3) is 2.31. The van der Waals surface area contributed by atoms with Crippen molar-refractivity contribution >= 4 is 5.97 Å². The highest BCUT2D eigenvalue weighted by Crippen LogP contribution is 2.61. The molecule has 4 saturated carbocycles. The minimum atomic E-state index is -0.928. The van der Waals surface area contributed by atoms with E-state index in [1.165, 1.54) is 49.7 Å². The highest BCUT2D eigenvalue weighted by Gasteiger charge is 2.51. The van der Waals surface area contributed by atoms with Gasteiger partial charge in [-0.1, -0.05) is 6.07 Å². The summed E-state index contributed by atoms with van der Waals surface area (Å²) < 4.78 is 5.32. The van der Waals surface area contributed by atoms with Crippen LogP contribution in [-0.4, -0.2) is 17.7 Å². The van der Waals surface area contributed by atoms with Crippen LogP contribution in [0.15, 0.2) is 18.2 Å². The molecule has 4 bridgehead atoms. The summed E-state index contributed by atoms with van der Waals surface area (Å²) >= 11 is 0. The van der Waals surface area contributed by atoms with Gasteiger partial charge in [-0.25, -0.2) is 4.79 Å². The molecule has 4 fully saturated rings. The van der Waals surface area contributed by atoms with Crippen LogP contribution in [0, 0.1) is 24.7 Å². The zero-order valence-electron chi connectivity index (χ0n) is 13.2. The van der Waals surface area contributed by atoms with Gasteiger partial charge >= 0.3 is 5.97 Å². The predicted octanol–water partition coefficient (Wildman–Crippen LogP) is 3.93. The summed E-state index contributed by atoms with van der Waals surface area (Å²) in [6, 6.07) is 6.19. The van der Waals surface area contributed by atoms with E-state index in [1.807, 2.05) is 12.1 Å². The van der Waals surface area contributed by atoms with Crippen LogP contribution in [0.1, 0.15) is 49.7 Å². The molecule has 3 heteroatoms. The number of rotatable bonds is 4. The second-order valence-corrected chi connectivity index (χ2v) is 7.86. The number of hydrogen-bond donors (Lipinski definition) is 1. The summed E-state index contributed by atoms with van der Waals surface area (Å²) in [5.74, 6) is 2.56. The normalized spacial score (nSPS) is 35.6. The lowest BCUT2D eigenvalue weighted by molar-refractivity contribution is -0.139. The Kier molecular flexibility index (Phi) is 3.21. The molecule has 3 nitrogen and oxygen atoms in total. The summed E-state index contributed by atoms with van der Waals surface area (Å²) in [7, 11) is 0. The fraction of sp³-hybridized carbons (Fsp3) is 0.632. The van der Waals surface area contributed by atoms with Gasteiger partial charge in [0.2, 0.25) is 0 Å². The minimum absolute atomic E-state index is 0.268. The molecule has 0 radical (unpaired) electrons. The lowest BCUT2D eigenvalue weighted by Crippen LogP contribution is -2.48. The topological polar surface area (TPSA) is 46.5 Å². The Hall–Kier alpha value is -1.51. The summed E-state index contributed by atoms with van der Waals surface area (Å²) in [5.41, 5.74) is 3.16. The van der Waals surface area contributed by atoms with Crippen LogP contribution in [0.25, 0.3) is 0 Å². The van der Waals surface area contributed by atoms with Gasteiger partial charge in [0.1, 0.15) is 5.75 Å². The number of carboxylic acid groups (broad SMARTS) is 1. The summed E-state index contributed by atoms with van der Waals surface area (Å²) in [5, 5.41) is 8.73. The van der Waals surface area contributed by atoms with Gasteiger partial charge in [0, 0.05) is 0 Å². The summed E-state index contributed by atoms with van der Waals surface area (Å²) in [4.78, 5) is 10.6. The van der Waals surface area contributed by atoms with Crippen molar-refractivity contribution in [2.45, 2.75) is 50.9 Å². The monoisotopic (exact) mass is 300 g/mol. The number of benzene rings is 1.